The Morgan fingerprint density at radius 1 is 1.17 bits per heavy atom. The number of alkyl halides is 5. The van der Waals surface area contributed by atoms with Gasteiger partial charge < -0.3 is 25.4 Å². The van der Waals surface area contributed by atoms with E-state index >= 15 is 4.39 Å². The van der Waals surface area contributed by atoms with Crippen molar-refractivity contribution in [2.24, 2.45) is 5.41 Å². The van der Waals surface area contributed by atoms with Crippen LogP contribution in [0, 0.1) is 11.2 Å². The van der Waals surface area contributed by atoms with Gasteiger partial charge >= 0.3 is 12.2 Å². The lowest BCUT2D eigenvalue weighted by Gasteiger charge is -2.43. The summed E-state index contributed by atoms with van der Waals surface area (Å²) < 4.78 is 101. The van der Waals surface area contributed by atoms with Crippen LogP contribution in [0.1, 0.15) is 51.0 Å². The zero-order valence-electron chi connectivity index (χ0n) is 25.8. The number of nitrogens with two attached hydrogens (primary N) is 1. The molecule has 3 N–H and O–H groups in total. The predicted octanol–water partition coefficient (Wildman–Crippen LogP) is 5.82. The van der Waals surface area contributed by atoms with Crippen molar-refractivity contribution in [2.75, 3.05) is 36.9 Å². The largest absolute Gasteiger partial charge is 0.486 e. The molecule has 0 radical (unpaired) electrons. The Balaban J connectivity index is 1.22. The van der Waals surface area contributed by atoms with E-state index in [2.05, 4.69) is 20.2 Å². The quantitative estimate of drug-likeness (QED) is 0.327. The SMILES string of the molecule is C[C@@H]1Oc2c(Cl)c(-c3nc(N)ccc3C(F)(F)F)c(F)c3nc(OC[C@@]45CCCN4C[C@]4(CC4(F)F)C5)nc(c23)N2C[C@H]3CC[C@H](N3)[C@@H]12. The molecule has 1 spiro atoms. The normalized spacial score (nSPS) is 33.1. The van der Waals surface area contributed by atoms with Crippen LogP contribution >= 0.6 is 11.6 Å². The van der Waals surface area contributed by atoms with Crippen molar-refractivity contribution in [3.63, 3.8) is 0 Å². The van der Waals surface area contributed by atoms with Crippen LogP contribution < -0.4 is 25.4 Å². The summed E-state index contributed by atoms with van der Waals surface area (Å²) in [5.41, 5.74) is 1.05. The average molecular weight is 696 g/mol. The molecule has 48 heavy (non-hydrogen) atoms. The third-order valence-electron chi connectivity index (χ3n) is 11.5. The zero-order valence-corrected chi connectivity index (χ0v) is 26.6. The van der Waals surface area contributed by atoms with Crippen LogP contribution in [-0.2, 0) is 6.18 Å². The fraction of sp³-hybridized carbons (Fsp3) is 0.594. The average Bonchev–Trinajstić information content (AvgIpc) is 3.33. The lowest BCUT2D eigenvalue weighted by Crippen LogP contribution is -2.62. The summed E-state index contributed by atoms with van der Waals surface area (Å²) in [7, 11) is 0. The first-order valence-electron chi connectivity index (χ1n) is 16.2. The van der Waals surface area contributed by atoms with Crippen molar-refractivity contribution < 1.29 is 35.8 Å². The van der Waals surface area contributed by atoms with E-state index in [9.17, 15) is 22.0 Å². The molecule has 0 amide bonds. The maximum atomic E-state index is 16.9. The predicted molar refractivity (Wildman–Crippen MR) is 164 cm³/mol. The number of anilines is 2. The summed E-state index contributed by atoms with van der Waals surface area (Å²) in [4.78, 5) is 17.2. The smallest absolute Gasteiger partial charge is 0.418 e. The number of piperazine rings is 1. The number of rotatable bonds is 4. The van der Waals surface area contributed by atoms with Gasteiger partial charge in [-0.25, -0.2) is 18.2 Å². The number of nitrogen functional groups attached to an aromatic ring is 1. The highest BCUT2D eigenvalue weighted by molar-refractivity contribution is 6.36. The lowest BCUT2D eigenvalue weighted by molar-refractivity contribution is -0.137. The number of nitrogens with zero attached hydrogens (tertiary/aromatic N) is 5. The van der Waals surface area contributed by atoms with Crippen LogP contribution in [0.15, 0.2) is 12.1 Å². The molecule has 2 aromatic heterocycles. The first-order valence-corrected chi connectivity index (χ1v) is 16.6. The van der Waals surface area contributed by atoms with Crippen molar-refractivity contribution in [1.82, 2.24) is 25.2 Å². The Morgan fingerprint density at radius 3 is 2.71 bits per heavy atom. The molecule has 4 saturated heterocycles. The monoisotopic (exact) mass is 695 g/mol. The zero-order chi connectivity index (χ0) is 33.5. The van der Waals surface area contributed by atoms with E-state index in [1.165, 1.54) is 0 Å². The first kappa shape index (κ1) is 30.7. The molecule has 256 valence electrons. The molecule has 7 heterocycles. The fourth-order valence-corrected chi connectivity index (χ4v) is 9.58. The van der Waals surface area contributed by atoms with E-state index in [1.54, 1.807) is 0 Å². The van der Waals surface area contributed by atoms with Gasteiger partial charge in [0, 0.05) is 31.6 Å². The van der Waals surface area contributed by atoms with Gasteiger partial charge in [0.25, 0.3) is 5.92 Å². The Morgan fingerprint density at radius 2 is 1.96 bits per heavy atom. The fourth-order valence-electron chi connectivity index (χ4n) is 9.27. The number of aromatic nitrogens is 3. The molecule has 5 aliphatic heterocycles. The molecule has 6 aliphatic rings. The Bertz CT molecular complexity index is 1880. The van der Waals surface area contributed by atoms with Gasteiger partial charge in [0.15, 0.2) is 11.6 Å². The van der Waals surface area contributed by atoms with Crippen molar-refractivity contribution in [2.45, 2.75) is 87.3 Å². The Kier molecular flexibility index (Phi) is 6.34. The number of nitrogens with one attached hydrogen (secondary N) is 1. The summed E-state index contributed by atoms with van der Waals surface area (Å²) in [6.45, 7) is 3.29. The van der Waals surface area contributed by atoms with Crippen LogP contribution in [0.25, 0.3) is 22.2 Å². The van der Waals surface area contributed by atoms with Crippen LogP contribution in [0.5, 0.6) is 11.8 Å². The molecule has 1 saturated carbocycles. The molecule has 6 atom stereocenters. The topological polar surface area (TPSA) is 102 Å². The van der Waals surface area contributed by atoms with Gasteiger partial charge in [-0.05, 0) is 57.7 Å². The summed E-state index contributed by atoms with van der Waals surface area (Å²) in [6.07, 6.45) is -2.11. The number of halogens is 7. The molecule has 1 aliphatic carbocycles. The molecular weight excluding hydrogens is 664 g/mol. The lowest BCUT2D eigenvalue weighted by atomic mass is 9.89. The first-order chi connectivity index (χ1) is 22.7. The standard InChI is InChI=1S/C32H32ClF6N7O2/c1-14-25-17-5-3-15(41-17)9-46(25)27-20-24(22(34)19(21(33)26(20)48-14)23-16(32(37,38)39)4-6-18(40)42-23)43-28(44-27)47-13-30-7-2-8-45(30)12-29(10-30)11-31(29,35)36/h4,6,14-15,17,25,41H,2-3,5,7-13H2,1H3,(H2,40,42)/t14-,15+,17-,25+,29+,30-/m0/s1. The van der Waals surface area contributed by atoms with E-state index in [4.69, 9.17) is 31.8 Å². The summed E-state index contributed by atoms with van der Waals surface area (Å²) in [5, 5.41) is 3.31. The van der Waals surface area contributed by atoms with Gasteiger partial charge in [0.2, 0.25) is 0 Å². The Labute approximate surface area is 276 Å². The van der Waals surface area contributed by atoms with E-state index in [1.807, 2.05) is 11.8 Å². The molecule has 0 unspecified atom stereocenters. The number of fused-ring (bicyclic) bond motifs is 6. The summed E-state index contributed by atoms with van der Waals surface area (Å²) in [5.74, 6) is -3.93. The van der Waals surface area contributed by atoms with E-state index in [0.717, 1.165) is 31.4 Å². The number of ether oxygens (including phenoxy) is 2. The second-order valence-electron chi connectivity index (χ2n) is 14.4. The van der Waals surface area contributed by atoms with Gasteiger partial charge in [0.1, 0.15) is 29.9 Å². The number of benzene rings is 1. The van der Waals surface area contributed by atoms with Crippen LogP contribution in [-0.4, -0.2) is 81.8 Å². The minimum absolute atomic E-state index is 0.00113. The number of hydrogen-bond acceptors (Lipinski definition) is 9. The second kappa shape index (κ2) is 9.90. The minimum atomic E-state index is -4.91. The van der Waals surface area contributed by atoms with Crippen LogP contribution in [0.4, 0.5) is 38.0 Å². The maximum absolute atomic E-state index is 16.9. The molecule has 1 aromatic carbocycles. The highest BCUT2D eigenvalue weighted by Gasteiger charge is 2.77. The molecular formula is C32H32ClF6N7O2. The Hall–Kier alpha value is -3.30. The summed E-state index contributed by atoms with van der Waals surface area (Å²) >= 11 is 6.82. The van der Waals surface area contributed by atoms with Crippen molar-refractivity contribution >= 4 is 34.1 Å². The highest BCUT2D eigenvalue weighted by Crippen LogP contribution is 2.69. The number of pyridine rings is 1. The van der Waals surface area contributed by atoms with Crippen LogP contribution in [0.2, 0.25) is 5.02 Å². The molecule has 5 fully saturated rings. The van der Waals surface area contributed by atoms with E-state index in [-0.39, 0.29) is 72.6 Å². The van der Waals surface area contributed by atoms with Crippen molar-refractivity contribution in [3.8, 4) is 23.0 Å². The molecule has 2 bridgehead atoms. The molecule has 9 nitrogen and oxygen atoms in total. The summed E-state index contributed by atoms with van der Waals surface area (Å²) in [6, 6.07) is 1.34. The minimum Gasteiger partial charge on any atom is -0.486 e. The van der Waals surface area contributed by atoms with Gasteiger partial charge in [0.05, 0.1) is 44.2 Å². The maximum Gasteiger partial charge on any atom is 0.418 e. The highest BCUT2D eigenvalue weighted by atomic mass is 35.5. The second-order valence-corrected chi connectivity index (χ2v) is 14.8. The third-order valence-corrected chi connectivity index (χ3v) is 11.9. The van der Waals surface area contributed by atoms with Crippen molar-refractivity contribution in [1.29, 1.82) is 0 Å². The molecule has 9 rings (SSSR count). The van der Waals surface area contributed by atoms with Gasteiger partial charge in [-0.3, -0.25) is 4.90 Å². The van der Waals surface area contributed by atoms with Crippen molar-refractivity contribution in [3.05, 3.63) is 28.5 Å². The van der Waals surface area contributed by atoms with E-state index < -0.39 is 56.8 Å². The van der Waals surface area contributed by atoms with Gasteiger partial charge in [-0.2, -0.15) is 23.1 Å². The van der Waals surface area contributed by atoms with Gasteiger partial charge in [-0.15, -0.1) is 0 Å². The number of hydrogen-bond donors (Lipinski definition) is 2. The molecule has 3 aromatic rings. The van der Waals surface area contributed by atoms with E-state index in [0.29, 0.717) is 25.3 Å². The van der Waals surface area contributed by atoms with Crippen LogP contribution in [0.3, 0.4) is 0 Å². The third kappa shape index (κ3) is 4.28. The van der Waals surface area contributed by atoms with Gasteiger partial charge in [-0.1, -0.05) is 11.6 Å². The molecule has 16 heteroatoms.